The molecule has 0 saturated heterocycles. The summed E-state index contributed by atoms with van der Waals surface area (Å²) in [6, 6.07) is 8.20. The first kappa shape index (κ1) is 14.3. The molecule has 0 aliphatic heterocycles. The van der Waals surface area contributed by atoms with Crippen LogP contribution in [0.4, 0.5) is 0 Å². The first-order valence-electron chi connectivity index (χ1n) is 6.45. The minimum atomic E-state index is -0.156. The number of imidazole rings is 1. The van der Waals surface area contributed by atoms with Crippen molar-refractivity contribution in [2.75, 3.05) is 0 Å². The SMILES string of the molecule is Cc1[nH]c(CCC(C)(C)N)nc1-c1cccc(Br)c1. The Hall–Kier alpha value is -1.13. The molecule has 4 heteroatoms. The van der Waals surface area contributed by atoms with Gasteiger partial charge in [-0.25, -0.2) is 4.98 Å². The third kappa shape index (κ3) is 3.91. The molecule has 0 aliphatic rings. The molecule has 0 amide bonds. The minimum Gasteiger partial charge on any atom is -0.346 e. The smallest absolute Gasteiger partial charge is 0.107 e. The second kappa shape index (κ2) is 5.47. The van der Waals surface area contributed by atoms with Crippen molar-refractivity contribution in [3.8, 4) is 11.3 Å². The van der Waals surface area contributed by atoms with E-state index in [1.165, 1.54) is 0 Å². The van der Waals surface area contributed by atoms with Crippen LogP contribution in [0.5, 0.6) is 0 Å². The first-order valence-corrected chi connectivity index (χ1v) is 7.25. The van der Waals surface area contributed by atoms with Crippen molar-refractivity contribution in [1.29, 1.82) is 0 Å². The van der Waals surface area contributed by atoms with E-state index in [-0.39, 0.29) is 5.54 Å². The van der Waals surface area contributed by atoms with Crippen LogP contribution in [0, 0.1) is 6.92 Å². The summed E-state index contributed by atoms with van der Waals surface area (Å²) in [5.41, 5.74) is 9.10. The number of nitrogens with two attached hydrogens (primary N) is 1. The van der Waals surface area contributed by atoms with Crippen LogP contribution in [0.3, 0.4) is 0 Å². The van der Waals surface area contributed by atoms with Crippen molar-refractivity contribution in [3.63, 3.8) is 0 Å². The van der Waals surface area contributed by atoms with Gasteiger partial charge >= 0.3 is 0 Å². The van der Waals surface area contributed by atoms with Crippen LogP contribution < -0.4 is 5.73 Å². The summed E-state index contributed by atoms with van der Waals surface area (Å²) >= 11 is 3.49. The largest absolute Gasteiger partial charge is 0.346 e. The van der Waals surface area contributed by atoms with Gasteiger partial charge < -0.3 is 10.7 Å². The summed E-state index contributed by atoms with van der Waals surface area (Å²) in [7, 11) is 0. The number of hydrogen-bond donors (Lipinski definition) is 2. The molecule has 0 unspecified atom stereocenters. The summed E-state index contributed by atoms with van der Waals surface area (Å²) in [6.45, 7) is 6.14. The average Bonchev–Trinajstić information content (AvgIpc) is 2.67. The van der Waals surface area contributed by atoms with E-state index in [0.717, 1.165) is 40.1 Å². The number of benzene rings is 1. The Morgan fingerprint density at radius 3 is 2.74 bits per heavy atom. The van der Waals surface area contributed by atoms with E-state index >= 15 is 0 Å². The molecule has 0 radical (unpaired) electrons. The van der Waals surface area contributed by atoms with Crippen molar-refractivity contribution in [2.45, 2.75) is 39.2 Å². The van der Waals surface area contributed by atoms with Crippen LogP contribution in [0.2, 0.25) is 0 Å². The van der Waals surface area contributed by atoms with Crippen LogP contribution in [0.25, 0.3) is 11.3 Å². The Balaban J connectivity index is 2.22. The second-order valence-electron chi connectivity index (χ2n) is 5.66. The first-order chi connectivity index (χ1) is 8.85. The second-order valence-corrected chi connectivity index (χ2v) is 6.57. The van der Waals surface area contributed by atoms with Gasteiger partial charge in [0.2, 0.25) is 0 Å². The molecule has 3 nitrogen and oxygen atoms in total. The van der Waals surface area contributed by atoms with Gasteiger partial charge in [0, 0.05) is 27.7 Å². The summed E-state index contributed by atoms with van der Waals surface area (Å²) in [6.07, 6.45) is 1.79. The van der Waals surface area contributed by atoms with Crippen molar-refractivity contribution in [2.24, 2.45) is 5.73 Å². The Kier molecular flexibility index (Phi) is 4.11. The fourth-order valence-electron chi connectivity index (χ4n) is 2.00. The van der Waals surface area contributed by atoms with Gasteiger partial charge in [-0.1, -0.05) is 28.1 Å². The van der Waals surface area contributed by atoms with Crippen LogP contribution in [0.15, 0.2) is 28.7 Å². The zero-order valence-corrected chi connectivity index (χ0v) is 13.2. The maximum atomic E-state index is 6.01. The summed E-state index contributed by atoms with van der Waals surface area (Å²) in [5, 5.41) is 0. The van der Waals surface area contributed by atoms with Gasteiger partial charge in [-0.2, -0.15) is 0 Å². The van der Waals surface area contributed by atoms with Crippen LogP contribution in [-0.4, -0.2) is 15.5 Å². The number of nitrogens with one attached hydrogen (secondary N) is 1. The molecule has 1 aromatic heterocycles. The number of rotatable bonds is 4. The Morgan fingerprint density at radius 1 is 1.37 bits per heavy atom. The monoisotopic (exact) mass is 321 g/mol. The van der Waals surface area contributed by atoms with E-state index in [9.17, 15) is 0 Å². The maximum Gasteiger partial charge on any atom is 0.107 e. The number of aryl methyl sites for hydroxylation is 2. The van der Waals surface area contributed by atoms with E-state index in [4.69, 9.17) is 10.7 Å². The summed E-state index contributed by atoms with van der Waals surface area (Å²) < 4.78 is 1.07. The average molecular weight is 322 g/mol. The molecule has 0 spiro atoms. The molecule has 0 fully saturated rings. The Labute approximate surface area is 122 Å². The van der Waals surface area contributed by atoms with Gasteiger partial charge in [0.25, 0.3) is 0 Å². The molecule has 3 N–H and O–H groups in total. The Morgan fingerprint density at radius 2 is 2.11 bits per heavy atom. The molecule has 0 atom stereocenters. The zero-order chi connectivity index (χ0) is 14.0. The third-order valence-electron chi connectivity index (χ3n) is 3.04. The van der Waals surface area contributed by atoms with Gasteiger partial charge in [0.1, 0.15) is 5.82 Å². The molecule has 0 aliphatic carbocycles. The topological polar surface area (TPSA) is 54.7 Å². The molecular formula is C15H20BrN3. The highest BCUT2D eigenvalue weighted by Gasteiger charge is 2.14. The van der Waals surface area contributed by atoms with Crippen LogP contribution in [0.1, 0.15) is 31.8 Å². The molecule has 0 saturated carbocycles. The lowest BCUT2D eigenvalue weighted by Crippen LogP contribution is -2.32. The van der Waals surface area contributed by atoms with Crippen LogP contribution >= 0.6 is 15.9 Å². The lowest BCUT2D eigenvalue weighted by Gasteiger charge is -2.16. The third-order valence-corrected chi connectivity index (χ3v) is 3.53. The van der Waals surface area contributed by atoms with Gasteiger partial charge in [-0.3, -0.25) is 0 Å². The maximum absolute atomic E-state index is 6.01. The highest BCUT2D eigenvalue weighted by molar-refractivity contribution is 9.10. The molecule has 2 aromatic rings. The molecule has 1 heterocycles. The van der Waals surface area contributed by atoms with E-state index in [2.05, 4.69) is 40.0 Å². The van der Waals surface area contributed by atoms with Gasteiger partial charge in [0.05, 0.1) is 5.69 Å². The van der Waals surface area contributed by atoms with Gasteiger partial charge in [-0.05, 0) is 39.3 Å². The summed E-state index contributed by atoms with van der Waals surface area (Å²) in [5.74, 6) is 1.01. The quantitative estimate of drug-likeness (QED) is 0.899. The number of hydrogen-bond acceptors (Lipinski definition) is 2. The minimum absolute atomic E-state index is 0.156. The lowest BCUT2D eigenvalue weighted by atomic mass is 10.0. The van der Waals surface area contributed by atoms with E-state index in [0.29, 0.717) is 0 Å². The van der Waals surface area contributed by atoms with Crippen molar-refractivity contribution in [1.82, 2.24) is 9.97 Å². The molecular weight excluding hydrogens is 302 g/mol. The fraction of sp³-hybridized carbons (Fsp3) is 0.400. The van der Waals surface area contributed by atoms with E-state index in [1.807, 2.05) is 26.0 Å². The number of halogens is 1. The predicted molar refractivity (Wildman–Crippen MR) is 83.0 cm³/mol. The van der Waals surface area contributed by atoms with Gasteiger partial charge in [0.15, 0.2) is 0 Å². The lowest BCUT2D eigenvalue weighted by molar-refractivity contribution is 0.472. The molecule has 1 aromatic carbocycles. The van der Waals surface area contributed by atoms with Crippen LogP contribution in [-0.2, 0) is 6.42 Å². The predicted octanol–water partition coefficient (Wildman–Crippen LogP) is 3.82. The molecule has 2 rings (SSSR count). The Bertz CT molecular complexity index is 567. The van der Waals surface area contributed by atoms with Crippen molar-refractivity contribution in [3.05, 3.63) is 40.3 Å². The number of nitrogens with zero attached hydrogens (tertiary/aromatic N) is 1. The number of aromatic nitrogens is 2. The molecule has 19 heavy (non-hydrogen) atoms. The normalized spacial score (nSPS) is 11.8. The standard InChI is InChI=1S/C15H20BrN3/c1-10-14(11-5-4-6-12(16)9-11)19-13(18-10)7-8-15(2,3)17/h4-6,9H,7-8,17H2,1-3H3,(H,18,19). The highest BCUT2D eigenvalue weighted by Crippen LogP contribution is 2.24. The molecule has 0 bridgehead atoms. The number of aromatic amines is 1. The fourth-order valence-corrected chi connectivity index (χ4v) is 2.40. The van der Waals surface area contributed by atoms with Crippen molar-refractivity contribution >= 4 is 15.9 Å². The number of H-pyrrole nitrogens is 1. The zero-order valence-electron chi connectivity index (χ0n) is 11.6. The summed E-state index contributed by atoms with van der Waals surface area (Å²) in [4.78, 5) is 8.05. The highest BCUT2D eigenvalue weighted by atomic mass is 79.9. The van der Waals surface area contributed by atoms with Gasteiger partial charge in [-0.15, -0.1) is 0 Å². The van der Waals surface area contributed by atoms with E-state index < -0.39 is 0 Å². The van der Waals surface area contributed by atoms with E-state index in [1.54, 1.807) is 0 Å². The molecule has 102 valence electrons. The van der Waals surface area contributed by atoms with Crippen molar-refractivity contribution < 1.29 is 0 Å².